The van der Waals surface area contributed by atoms with Crippen LogP contribution in [-0.2, 0) is 0 Å². The first-order valence-electron chi connectivity index (χ1n) is 5.64. The second-order valence-electron chi connectivity index (χ2n) is 3.75. The number of ether oxygens (including phenoxy) is 1. The molecule has 0 amide bonds. The number of Topliss-reactive ketones (excluding diaryl/α,β-unsaturated/α-hetero) is 1. The Morgan fingerprint density at radius 1 is 1.06 bits per heavy atom. The van der Waals surface area contributed by atoms with Crippen molar-refractivity contribution in [3.8, 4) is 5.75 Å². The van der Waals surface area contributed by atoms with Gasteiger partial charge in [0.2, 0.25) is 0 Å². The number of hydrogen-bond acceptors (Lipinski definition) is 3. The second-order valence-corrected chi connectivity index (χ2v) is 4.63. The van der Waals surface area contributed by atoms with Crippen LogP contribution < -0.4 is 4.74 Å². The maximum absolute atomic E-state index is 11.9. The Balaban J connectivity index is 1.95. The van der Waals surface area contributed by atoms with Crippen LogP contribution in [0.4, 0.5) is 0 Å². The van der Waals surface area contributed by atoms with E-state index in [0.29, 0.717) is 11.3 Å². The standard InChI is InChI=1S/C15H14O2S/c1-18-14-9-7-12(8-10-14)15(16)11-17-13-5-3-2-4-6-13/h2-10H,11H2,1H3. The molecular formula is C15H14O2S. The molecule has 0 bridgehead atoms. The lowest BCUT2D eigenvalue weighted by molar-refractivity contribution is 0.0921. The summed E-state index contributed by atoms with van der Waals surface area (Å²) < 4.78 is 5.42. The van der Waals surface area contributed by atoms with Gasteiger partial charge < -0.3 is 4.74 Å². The summed E-state index contributed by atoms with van der Waals surface area (Å²) in [6.45, 7) is 0.0721. The predicted molar refractivity (Wildman–Crippen MR) is 74.5 cm³/mol. The summed E-state index contributed by atoms with van der Waals surface area (Å²) in [6, 6.07) is 16.9. The van der Waals surface area contributed by atoms with E-state index >= 15 is 0 Å². The highest BCUT2D eigenvalue weighted by Gasteiger charge is 2.06. The van der Waals surface area contributed by atoms with Crippen LogP contribution >= 0.6 is 11.8 Å². The first-order valence-corrected chi connectivity index (χ1v) is 6.87. The van der Waals surface area contributed by atoms with Gasteiger partial charge in [-0.1, -0.05) is 30.3 Å². The van der Waals surface area contributed by atoms with Gasteiger partial charge in [0.15, 0.2) is 12.4 Å². The SMILES string of the molecule is CSc1ccc(C(=O)COc2ccccc2)cc1. The highest BCUT2D eigenvalue weighted by Crippen LogP contribution is 2.15. The average molecular weight is 258 g/mol. The van der Waals surface area contributed by atoms with Gasteiger partial charge in [0.25, 0.3) is 0 Å². The van der Waals surface area contributed by atoms with E-state index in [-0.39, 0.29) is 12.4 Å². The predicted octanol–water partition coefficient (Wildman–Crippen LogP) is 3.67. The first kappa shape index (κ1) is 12.7. The van der Waals surface area contributed by atoms with Crippen LogP contribution in [-0.4, -0.2) is 18.6 Å². The number of rotatable bonds is 5. The van der Waals surface area contributed by atoms with E-state index in [1.54, 1.807) is 11.8 Å². The number of carbonyl (C=O) groups excluding carboxylic acids is 1. The third kappa shape index (κ3) is 3.37. The second kappa shape index (κ2) is 6.26. The zero-order valence-corrected chi connectivity index (χ0v) is 10.9. The van der Waals surface area contributed by atoms with E-state index in [2.05, 4.69) is 0 Å². The molecular weight excluding hydrogens is 244 g/mol. The summed E-state index contributed by atoms with van der Waals surface area (Å²) >= 11 is 1.66. The molecule has 0 aliphatic carbocycles. The van der Waals surface area contributed by atoms with Gasteiger partial charge in [-0.25, -0.2) is 0 Å². The molecule has 0 N–H and O–H groups in total. The van der Waals surface area contributed by atoms with E-state index < -0.39 is 0 Å². The van der Waals surface area contributed by atoms with Gasteiger partial charge in [-0.2, -0.15) is 0 Å². The van der Waals surface area contributed by atoms with Gasteiger partial charge in [0, 0.05) is 10.5 Å². The summed E-state index contributed by atoms with van der Waals surface area (Å²) in [7, 11) is 0. The highest BCUT2D eigenvalue weighted by atomic mass is 32.2. The number of para-hydroxylation sites is 1. The number of benzene rings is 2. The van der Waals surface area contributed by atoms with Crippen LogP contribution in [0.1, 0.15) is 10.4 Å². The van der Waals surface area contributed by atoms with E-state index in [0.717, 1.165) is 4.90 Å². The lowest BCUT2D eigenvalue weighted by atomic mass is 10.1. The molecule has 0 heterocycles. The van der Waals surface area contributed by atoms with Crippen molar-refractivity contribution < 1.29 is 9.53 Å². The molecule has 0 unspecified atom stereocenters. The van der Waals surface area contributed by atoms with Crippen molar-refractivity contribution in [2.45, 2.75) is 4.90 Å². The van der Waals surface area contributed by atoms with Crippen molar-refractivity contribution in [1.82, 2.24) is 0 Å². The fourth-order valence-electron chi connectivity index (χ4n) is 1.53. The molecule has 0 radical (unpaired) electrons. The Morgan fingerprint density at radius 2 is 1.72 bits per heavy atom. The lowest BCUT2D eigenvalue weighted by Gasteiger charge is -2.05. The highest BCUT2D eigenvalue weighted by molar-refractivity contribution is 7.98. The Bertz CT molecular complexity index is 506. The van der Waals surface area contributed by atoms with Gasteiger partial charge in [0.1, 0.15) is 5.75 Å². The van der Waals surface area contributed by atoms with Crippen molar-refractivity contribution in [3.63, 3.8) is 0 Å². The van der Waals surface area contributed by atoms with Crippen LogP contribution in [0, 0.1) is 0 Å². The van der Waals surface area contributed by atoms with Gasteiger partial charge in [-0.05, 0) is 30.5 Å². The minimum Gasteiger partial charge on any atom is -0.485 e. The van der Waals surface area contributed by atoms with E-state index in [1.165, 1.54) is 0 Å². The molecule has 18 heavy (non-hydrogen) atoms. The van der Waals surface area contributed by atoms with E-state index in [9.17, 15) is 4.79 Å². The Morgan fingerprint density at radius 3 is 2.33 bits per heavy atom. The van der Waals surface area contributed by atoms with Crippen molar-refractivity contribution in [1.29, 1.82) is 0 Å². The fourth-order valence-corrected chi connectivity index (χ4v) is 1.93. The minimum absolute atomic E-state index is 0.00786. The topological polar surface area (TPSA) is 26.3 Å². The summed E-state index contributed by atoms with van der Waals surface area (Å²) in [5, 5.41) is 0. The molecule has 0 fully saturated rings. The molecule has 3 heteroatoms. The smallest absolute Gasteiger partial charge is 0.200 e. The normalized spacial score (nSPS) is 10.1. The Hall–Kier alpha value is -1.74. The number of carbonyl (C=O) groups is 1. The van der Waals surface area contributed by atoms with Crippen LogP contribution in [0.3, 0.4) is 0 Å². The van der Waals surface area contributed by atoms with Crippen molar-refractivity contribution in [2.75, 3.05) is 12.9 Å². The first-order chi connectivity index (χ1) is 8.79. The molecule has 0 saturated carbocycles. The van der Waals surface area contributed by atoms with Crippen LogP contribution in [0.2, 0.25) is 0 Å². The van der Waals surface area contributed by atoms with Crippen LogP contribution in [0.25, 0.3) is 0 Å². The largest absolute Gasteiger partial charge is 0.485 e. The summed E-state index contributed by atoms with van der Waals surface area (Å²) in [5.74, 6) is 0.707. The van der Waals surface area contributed by atoms with E-state index in [1.807, 2.05) is 60.9 Å². The summed E-state index contributed by atoms with van der Waals surface area (Å²) in [4.78, 5) is 13.0. The summed E-state index contributed by atoms with van der Waals surface area (Å²) in [6.07, 6.45) is 2.01. The molecule has 92 valence electrons. The molecule has 0 atom stereocenters. The third-order valence-electron chi connectivity index (χ3n) is 2.53. The molecule has 2 rings (SSSR count). The molecule has 0 spiro atoms. The Kier molecular flexibility index (Phi) is 4.42. The molecule has 0 aliphatic heterocycles. The van der Waals surface area contributed by atoms with Gasteiger partial charge in [-0.15, -0.1) is 11.8 Å². The van der Waals surface area contributed by atoms with Crippen molar-refractivity contribution in [3.05, 3.63) is 60.2 Å². The van der Waals surface area contributed by atoms with Gasteiger partial charge in [0.05, 0.1) is 0 Å². The molecule has 2 aromatic carbocycles. The fraction of sp³-hybridized carbons (Fsp3) is 0.133. The van der Waals surface area contributed by atoms with Crippen LogP contribution in [0.15, 0.2) is 59.5 Å². The molecule has 2 aromatic rings. The monoisotopic (exact) mass is 258 g/mol. The molecule has 0 aliphatic rings. The number of thioether (sulfide) groups is 1. The molecule has 0 saturated heterocycles. The summed E-state index contributed by atoms with van der Waals surface area (Å²) in [5.41, 5.74) is 0.684. The number of ketones is 1. The minimum atomic E-state index is -0.00786. The van der Waals surface area contributed by atoms with Crippen molar-refractivity contribution in [2.24, 2.45) is 0 Å². The zero-order chi connectivity index (χ0) is 12.8. The third-order valence-corrected chi connectivity index (χ3v) is 3.27. The quantitative estimate of drug-likeness (QED) is 0.604. The maximum Gasteiger partial charge on any atom is 0.200 e. The van der Waals surface area contributed by atoms with E-state index in [4.69, 9.17) is 4.74 Å². The van der Waals surface area contributed by atoms with Gasteiger partial charge in [-0.3, -0.25) is 4.79 Å². The van der Waals surface area contributed by atoms with Gasteiger partial charge >= 0.3 is 0 Å². The number of hydrogen-bond donors (Lipinski definition) is 0. The molecule has 2 nitrogen and oxygen atoms in total. The Labute approximate surface area is 111 Å². The molecule has 0 aromatic heterocycles. The lowest BCUT2D eigenvalue weighted by Crippen LogP contribution is -2.11. The zero-order valence-electron chi connectivity index (χ0n) is 10.1. The average Bonchev–Trinajstić information content (AvgIpc) is 2.46. The van der Waals surface area contributed by atoms with Crippen LogP contribution in [0.5, 0.6) is 5.75 Å². The van der Waals surface area contributed by atoms with Crippen molar-refractivity contribution >= 4 is 17.5 Å². The maximum atomic E-state index is 11.9.